The topological polar surface area (TPSA) is 46.2 Å². The molecule has 0 amide bonds. The molecule has 0 bridgehead atoms. The monoisotopic (exact) mass is 402 g/mol. The maximum Gasteiger partial charge on any atom is 0.190 e. The lowest BCUT2D eigenvalue weighted by Gasteiger charge is -2.34. The van der Waals surface area contributed by atoms with Crippen molar-refractivity contribution in [2.24, 2.45) is 0 Å². The average Bonchev–Trinajstić information content (AvgIpc) is 3.17. The Morgan fingerprint density at radius 1 is 0.862 bits per heavy atom. The van der Waals surface area contributed by atoms with Gasteiger partial charge in [0, 0.05) is 0 Å². The molecule has 5 nitrogen and oxygen atoms in total. The van der Waals surface area contributed by atoms with Gasteiger partial charge in [-0.1, -0.05) is 60.7 Å². The van der Waals surface area contributed by atoms with Gasteiger partial charge in [-0.25, -0.2) is 4.39 Å². The van der Waals surface area contributed by atoms with Crippen LogP contribution >= 0.6 is 0 Å². The first-order valence-corrected chi connectivity index (χ1v) is 9.88. The molecule has 6 heteroatoms. The van der Waals surface area contributed by atoms with Crippen molar-refractivity contribution in [2.45, 2.75) is 56.9 Å². The number of benzene rings is 2. The van der Waals surface area contributed by atoms with Gasteiger partial charge < -0.3 is 23.7 Å². The first kappa shape index (κ1) is 20.4. The Morgan fingerprint density at radius 3 is 2.10 bits per heavy atom. The second kappa shape index (κ2) is 8.50. The Labute approximate surface area is 170 Å². The minimum Gasteiger partial charge on any atom is -0.374 e. The third-order valence-corrected chi connectivity index (χ3v) is 5.21. The van der Waals surface area contributed by atoms with E-state index < -0.39 is 36.6 Å². The van der Waals surface area contributed by atoms with Gasteiger partial charge in [-0.05, 0) is 25.0 Å². The van der Waals surface area contributed by atoms with E-state index in [-0.39, 0.29) is 6.61 Å². The number of rotatable bonds is 8. The van der Waals surface area contributed by atoms with Crippen molar-refractivity contribution in [3.8, 4) is 0 Å². The molecule has 0 N–H and O–H groups in total. The number of ether oxygens (including phenoxy) is 5. The van der Waals surface area contributed by atoms with E-state index in [4.69, 9.17) is 23.7 Å². The van der Waals surface area contributed by atoms with Crippen LogP contribution in [0.1, 0.15) is 25.0 Å². The minimum absolute atomic E-state index is 0.0397. The maximum atomic E-state index is 14.4. The fraction of sp³-hybridized carbons (Fsp3) is 0.478. The second-order valence-electron chi connectivity index (χ2n) is 7.98. The molecule has 4 atom stereocenters. The number of fused-ring (bicyclic) bond motifs is 1. The summed E-state index contributed by atoms with van der Waals surface area (Å²) in [6, 6.07) is 19.5. The molecule has 0 spiro atoms. The van der Waals surface area contributed by atoms with Crippen molar-refractivity contribution in [2.75, 3.05) is 13.3 Å². The lowest BCUT2D eigenvalue weighted by Crippen LogP contribution is -2.51. The Balaban J connectivity index is 1.48. The van der Waals surface area contributed by atoms with Gasteiger partial charge in [0.05, 0.1) is 19.8 Å². The molecule has 156 valence electrons. The molecular formula is C23H27FO5. The summed E-state index contributed by atoms with van der Waals surface area (Å²) in [6.07, 6.45) is -1.87. The van der Waals surface area contributed by atoms with E-state index >= 15 is 0 Å². The molecule has 2 aliphatic rings. The summed E-state index contributed by atoms with van der Waals surface area (Å²) in [6.45, 7) is 3.58. The van der Waals surface area contributed by atoms with Crippen LogP contribution < -0.4 is 0 Å². The van der Waals surface area contributed by atoms with Gasteiger partial charge in [0.2, 0.25) is 0 Å². The van der Waals surface area contributed by atoms with Gasteiger partial charge in [-0.3, -0.25) is 0 Å². The van der Waals surface area contributed by atoms with Gasteiger partial charge in [0.15, 0.2) is 17.7 Å². The predicted octanol–water partition coefficient (Wildman–Crippen LogP) is 4.00. The molecule has 2 saturated heterocycles. The summed E-state index contributed by atoms with van der Waals surface area (Å²) in [5.74, 6) is -0.808. The summed E-state index contributed by atoms with van der Waals surface area (Å²) in [5, 5.41) is 0. The highest BCUT2D eigenvalue weighted by molar-refractivity contribution is 5.15. The number of halogens is 1. The number of alkyl halides is 1. The van der Waals surface area contributed by atoms with Crippen LogP contribution in [0.25, 0.3) is 0 Å². The van der Waals surface area contributed by atoms with Gasteiger partial charge in [-0.15, -0.1) is 0 Å². The zero-order valence-electron chi connectivity index (χ0n) is 16.8. The Bertz CT molecular complexity index is 784. The van der Waals surface area contributed by atoms with Crippen LogP contribution in [0, 0.1) is 0 Å². The van der Waals surface area contributed by atoms with E-state index in [0.717, 1.165) is 11.1 Å². The molecule has 4 rings (SSSR count). The van der Waals surface area contributed by atoms with Crippen molar-refractivity contribution >= 4 is 0 Å². The summed E-state index contributed by atoms with van der Waals surface area (Å²) in [5.41, 5.74) is 0.720. The van der Waals surface area contributed by atoms with Crippen LogP contribution in [0.4, 0.5) is 4.39 Å². The highest BCUT2D eigenvalue weighted by atomic mass is 19.1. The third kappa shape index (κ3) is 4.52. The fourth-order valence-corrected chi connectivity index (χ4v) is 3.84. The van der Waals surface area contributed by atoms with Crippen molar-refractivity contribution in [1.29, 1.82) is 0 Å². The van der Waals surface area contributed by atoms with E-state index in [1.165, 1.54) is 0 Å². The van der Waals surface area contributed by atoms with Crippen LogP contribution in [0.3, 0.4) is 0 Å². The zero-order valence-corrected chi connectivity index (χ0v) is 16.8. The second-order valence-corrected chi connectivity index (χ2v) is 7.98. The molecule has 0 aromatic heterocycles. The first-order chi connectivity index (χ1) is 14.0. The minimum atomic E-state index is -1.28. The lowest BCUT2D eigenvalue weighted by atomic mass is 9.97. The van der Waals surface area contributed by atoms with E-state index in [1.807, 2.05) is 74.5 Å². The highest BCUT2D eigenvalue weighted by Gasteiger charge is 2.63. The van der Waals surface area contributed by atoms with E-state index in [1.54, 1.807) is 0 Å². The van der Waals surface area contributed by atoms with Crippen LogP contribution in [0.5, 0.6) is 0 Å². The average molecular weight is 402 g/mol. The zero-order chi connectivity index (χ0) is 20.3. The van der Waals surface area contributed by atoms with Crippen molar-refractivity contribution < 1.29 is 28.1 Å². The van der Waals surface area contributed by atoms with Crippen LogP contribution in [-0.2, 0) is 36.9 Å². The van der Waals surface area contributed by atoms with Crippen molar-refractivity contribution in [3.63, 3.8) is 0 Å². The standard InChI is InChI=1S/C23H27FO5/c1-22(2)27-19-20(26-14-18-11-7-4-8-12-18)23(15-24,29-21(19)28-22)16-25-13-17-9-5-3-6-10-17/h3-12,19-21H,13-16H2,1-2H3/t19-,20+,21+,23-/m1/s1. The number of hydrogen-bond acceptors (Lipinski definition) is 5. The molecule has 0 unspecified atom stereocenters. The molecule has 2 aromatic rings. The summed E-state index contributed by atoms with van der Waals surface area (Å²) in [4.78, 5) is 0. The van der Waals surface area contributed by atoms with Gasteiger partial charge in [-0.2, -0.15) is 0 Å². The van der Waals surface area contributed by atoms with Gasteiger partial charge in [0.25, 0.3) is 0 Å². The summed E-state index contributed by atoms with van der Waals surface area (Å²) >= 11 is 0. The molecule has 2 aliphatic heterocycles. The van der Waals surface area contributed by atoms with E-state index in [0.29, 0.717) is 13.2 Å². The predicted molar refractivity (Wildman–Crippen MR) is 105 cm³/mol. The van der Waals surface area contributed by atoms with Crippen LogP contribution in [0.15, 0.2) is 60.7 Å². The van der Waals surface area contributed by atoms with Crippen LogP contribution in [-0.4, -0.2) is 43.2 Å². The number of hydrogen-bond donors (Lipinski definition) is 0. The third-order valence-electron chi connectivity index (χ3n) is 5.21. The first-order valence-electron chi connectivity index (χ1n) is 9.88. The molecule has 2 fully saturated rings. The summed E-state index contributed by atoms with van der Waals surface area (Å²) in [7, 11) is 0. The normalized spacial score (nSPS) is 30.4. The Hall–Kier alpha value is -1.83. The quantitative estimate of drug-likeness (QED) is 0.668. The highest BCUT2D eigenvalue weighted by Crippen LogP contribution is 2.44. The smallest absolute Gasteiger partial charge is 0.190 e. The Kier molecular flexibility index (Phi) is 5.99. The maximum absolute atomic E-state index is 14.4. The molecule has 2 heterocycles. The largest absolute Gasteiger partial charge is 0.374 e. The fourth-order valence-electron chi connectivity index (χ4n) is 3.84. The van der Waals surface area contributed by atoms with Crippen molar-refractivity contribution in [1.82, 2.24) is 0 Å². The van der Waals surface area contributed by atoms with Gasteiger partial charge >= 0.3 is 0 Å². The summed E-state index contributed by atoms with van der Waals surface area (Å²) < 4.78 is 44.2. The van der Waals surface area contributed by atoms with Gasteiger partial charge in [0.1, 0.15) is 18.9 Å². The molecule has 2 aromatic carbocycles. The molecule has 29 heavy (non-hydrogen) atoms. The van der Waals surface area contributed by atoms with Crippen molar-refractivity contribution in [3.05, 3.63) is 71.8 Å². The SMILES string of the molecule is CC1(C)O[C@H]2O[C@](CF)(COCc3ccccc3)[C@@H](OCc3ccccc3)[C@H]2O1. The Morgan fingerprint density at radius 2 is 1.48 bits per heavy atom. The van der Waals surface area contributed by atoms with Crippen LogP contribution in [0.2, 0.25) is 0 Å². The lowest BCUT2D eigenvalue weighted by molar-refractivity contribution is -0.257. The molecule has 0 radical (unpaired) electrons. The van der Waals surface area contributed by atoms with E-state index in [2.05, 4.69) is 0 Å². The molecule has 0 saturated carbocycles. The van der Waals surface area contributed by atoms with E-state index in [9.17, 15) is 4.39 Å². The molecular weight excluding hydrogens is 375 g/mol. The molecule has 0 aliphatic carbocycles.